The number of aromatic amines is 1. The van der Waals surface area contributed by atoms with Crippen LogP contribution in [0, 0.1) is 4.77 Å². The van der Waals surface area contributed by atoms with Gasteiger partial charge in [0.1, 0.15) is 0 Å². The Morgan fingerprint density at radius 2 is 2.60 bits per heavy atom. The van der Waals surface area contributed by atoms with Crippen LogP contribution in [-0.4, -0.2) is 31.4 Å². The number of tetrazole rings is 1. The molecule has 1 heterocycles. The van der Waals surface area contributed by atoms with Gasteiger partial charge < -0.3 is 5.11 Å². The maximum absolute atomic E-state index is 8.91. The van der Waals surface area contributed by atoms with E-state index in [-0.39, 0.29) is 0 Å². The second kappa shape index (κ2) is 2.89. The third kappa shape index (κ3) is 1.61. The molecule has 10 heavy (non-hydrogen) atoms. The number of rotatable bonds is 2. The summed E-state index contributed by atoms with van der Waals surface area (Å²) < 4.78 is 1.86. The molecule has 1 aromatic rings. The van der Waals surface area contributed by atoms with E-state index in [1.54, 1.807) is 6.92 Å². The first-order valence-electron chi connectivity index (χ1n) is 2.86. The normalized spacial score (nSPS) is 13.4. The number of aliphatic hydroxyl groups excluding tert-OH is 1. The maximum atomic E-state index is 8.91. The molecule has 0 saturated heterocycles. The van der Waals surface area contributed by atoms with Crippen molar-refractivity contribution >= 4 is 12.2 Å². The third-order valence-corrected chi connectivity index (χ3v) is 1.28. The highest BCUT2D eigenvalue weighted by Gasteiger charge is 1.98. The van der Waals surface area contributed by atoms with E-state index in [1.807, 2.05) is 0 Å². The summed E-state index contributed by atoms with van der Waals surface area (Å²) in [5.41, 5.74) is 0. The Morgan fingerprint density at radius 3 is 3.00 bits per heavy atom. The van der Waals surface area contributed by atoms with Crippen LogP contribution in [0.4, 0.5) is 0 Å². The number of nitrogens with one attached hydrogen (secondary N) is 1. The Kier molecular flexibility index (Phi) is 2.13. The minimum Gasteiger partial charge on any atom is -0.391 e. The molecule has 5 nitrogen and oxygen atoms in total. The molecule has 1 atom stereocenters. The molecule has 0 aliphatic carbocycles. The summed E-state index contributed by atoms with van der Waals surface area (Å²) in [4.78, 5) is 0. The number of hydrogen-bond acceptors (Lipinski definition) is 4. The summed E-state index contributed by atoms with van der Waals surface area (Å²) in [6.07, 6.45) is -0.436. The summed E-state index contributed by atoms with van der Waals surface area (Å²) >= 11 is 4.75. The summed E-state index contributed by atoms with van der Waals surface area (Å²) in [6.45, 7) is 2.08. The van der Waals surface area contributed by atoms with E-state index >= 15 is 0 Å². The molecule has 0 amide bonds. The van der Waals surface area contributed by atoms with Gasteiger partial charge in [-0.1, -0.05) is 10.3 Å². The monoisotopic (exact) mass is 160 g/mol. The molecular weight excluding hydrogens is 152 g/mol. The van der Waals surface area contributed by atoms with Crippen molar-refractivity contribution in [3.63, 3.8) is 0 Å². The highest BCUT2D eigenvalue weighted by Crippen LogP contribution is 1.87. The van der Waals surface area contributed by atoms with Gasteiger partial charge in [-0.05, 0) is 19.1 Å². The van der Waals surface area contributed by atoms with Crippen LogP contribution in [0.3, 0.4) is 0 Å². The van der Waals surface area contributed by atoms with Gasteiger partial charge in [0, 0.05) is 0 Å². The van der Waals surface area contributed by atoms with Gasteiger partial charge in [0.15, 0.2) is 0 Å². The van der Waals surface area contributed by atoms with Crippen molar-refractivity contribution in [3.05, 3.63) is 4.77 Å². The van der Waals surface area contributed by atoms with Gasteiger partial charge in [0.05, 0.1) is 12.6 Å². The average Bonchev–Trinajstić information content (AvgIpc) is 2.15. The molecule has 0 spiro atoms. The lowest BCUT2D eigenvalue weighted by molar-refractivity contribution is 0.167. The van der Waals surface area contributed by atoms with Gasteiger partial charge in [-0.15, -0.1) is 0 Å². The van der Waals surface area contributed by atoms with Crippen molar-refractivity contribution in [2.75, 3.05) is 0 Å². The van der Waals surface area contributed by atoms with E-state index in [9.17, 15) is 0 Å². The van der Waals surface area contributed by atoms with Crippen LogP contribution in [0.1, 0.15) is 6.92 Å². The Balaban J connectivity index is 2.75. The predicted molar refractivity (Wildman–Crippen MR) is 36.9 cm³/mol. The van der Waals surface area contributed by atoms with Crippen molar-refractivity contribution in [2.45, 2.75) is 19.6 Å². The lowest BCUT2D eigenvalue weighted by atomic mass is 10.4. The minimum atomic E-state index is -0.436. The van der Waals surface area contributed by atoms with Crippen LogP contribution < -0.4 is 0 Å². The summed E-state index contributed by atoms with van der Waals surface area (Å²) in [6, 6.07) is 0. The minimum absolute atomic E-state index is 0.362. The van der Waals surface area contributed by atoms with E-state index < -0.39 is 6.10 Å². The number of aromatic nitrogens is 4. The van der Waals surface area contributed by atoms with Crippen molar-refractivity contribution in [2.24, 2.45) is 0 Å². The first kappa shape index (κ1) is 7.36. The van der Waals surface area contributed by atoms with Crippen LogP contribution >= 0.6 is 12.2 Å². The topological polar surface area (TPSA) is 66.7 Å². The van der Waals surface area contributed by atoms with E-state index in [4.69, 9.17) is 17.3 Å². The molecule has 0 saturated carbocycles. The largest absolute Gasteiger partial charge is 0.391 e. The maximum Gasteiger partial charge on any atom is 0.238 e. The quantitative estimate of drug-likeness (QED) is 0.584. The first-order chi connectivity index (χ1) is 4.70. The van der Waals surface area contributed by atoms with Crippen LogP contribution in [0.5, 0.6) is 0 Å². The highest BCUT2D eigenvalue weighted by molar-refractivity contribution is 7.71. The molecule has 1 rings (SSSR count). The molecule has 0 bridgehead atoms. The molecule has 0 unspecified atom stereocenters. The Labute approximate surface area is 62.7 Å². The smallest absolute Gasteiger partial charge is 0.238 e. The second-order valence-electron chi connectivity index (χ2n) is 2.04. The van der Waals surface area contributed by atoms with E-state index in [0.717, 1.165) is 0 Å². The van der Waals surface area contributed by atoms with Gasteiger partial charge in [0.2, 0.25) is 4.77 Å². The lowest BCUT2D eigenvalue weighted by Gasteiger charge is -2.01. The van der Waals surface area contributed by atoms with Crippen LogP contribution in [0.25, 0.3) is 0 Å². The van der Waals surface area contributed by atoms with Crippen molar-refractivity contribution in [3.8, 4) is 0 Å². The molecule has 56 valence electrons. The Hall–Kier alpha value is -0.750. The van der Waals surface area contributed by atoms with Gasteiger partial charge in [0.25, 0.3) is 0 Å². The second-order valence-corrected chi connectivity index (χ2v) is 2.41. The third-order valence-electron chi connectivity index (χ3n) is 0.979. The van der Waals surface area contributed by atoms with Crippen LogP contribution in [-0.2, 0) is 6.54 Å². The molecule has 1 aromatic heterocycles. The molecule has 0 aromatic carbocycles. The van der Waals surface area contributed by atoms with Crippen molar-refractivity contribution in [1.29, 1.82) is 0 Å². The zero-order valence-electron chi connectivity index (χ0n) is 5.48. The number of hydrogen-bond donors (Lipinski definition) is 2. The fraction of sp³-hybridized carbons (Fsp3) is 0.750. The zero-order valence-corrected chi connectivity index (χ0v) is 6.30. The lowest BCUT2D eigenvalue weighted by Crippen LogP contribution is -2.12. The molecule has 2 N–H and O–H groups in total. The van der Waals surface area contributed by atoms with E-state index in [2.05, 4.69) is 15.5 Å². The number of aliphatic hydroxyl groups is 1. The molecule has 6 heteroatoms. The fourth-order valence-electron chi connectivity index (χ4n) is 0.599. The zero-order chi connectivity index (χ0) is 7.56. The van der Waals surface area contributed by atoms with Gasteiger partial charge >= 0.3 is 0 Å². The highest BCUT2D eigenvalue weighted by atomic mass is 32.1. The van der Waals surface area contributed by atoms with Crippen LogP contribution in [0.2, 0.25) is 0 Å². The van der Waals surface area contributed by atoms with Crippen LogP contribution in [0.15, 0.2) is 0 Å². The number of H-pyrrole nitrogens is 1. The average molecular weight is 160 g/mol. The fourth-order valence-corrected chi connectivity index (χ4v) is 0.755. The molecule has 0 radical (unpaired) electrons. The molecular formula is C4H8N4OS. The van der Waals surface area contributed by atoms with E-state index in [1.165, 1.54) is 4.68 Å². The van der Waals surface area contributed by atoms with E-state index in [0.29, 0.717) is 11.3 Å². The van der Waals surface area contributed by atoms with Gasteiger partial charge in [-0.2, -0.15) is 5.21 Å². The Morgan fingerprint density at radius 1 is 1.90 bits per heavy atom. The summed E-state index contributed by atoms with van der Waals surface area (Å²) in [5, 5.41) is 18.4. The van der Waals surface area contributed by atoms with Gasteiger partial charge in [-0.3, -0.25) is 0 Å². The SMILES string of the molecule is C[C@H](O)Cn1[nH]nnc1=S. The summed E-state index contributed by atoms with van der Waals surface area (Å²) in [5.74, 6) is 0. The summed E-state index contributed by atoms with van der Waals surface area (Å²) in [7, 11) is 0. The molecule has 0 aliphatic heterocycles. The van der Waals surface area contributed by atoms with Crippen molar-refractivity contribution < 1.29 is 5.11 Å². The Bertz CT molecular complexity index is 252. The standard InChI is InChI=1S/C4H8N4OS/c1-3(9)2-8-4(10)5-6-7-8/h3,9H,2H2,1H3,(H,5,7,10)/t3-/m0/s1. The predicted octanol–water partition coefficient (Wildman–Crippen LogP) is -0.284. The molecule has 0 aliphatic rings. The van der Waals surface area contributed by atoms with Gasteiger partial charge in [-0.25, -0.2) is 4.68 Å². The first-order valence-corrected chi connectivity index (χ1v) is 3.27. The van der Waals surface area contributed by atoms with Crippen molar-refractivity contribution in [1.82, 2.24) is 20.2 Å². The number of nitrogens with zero attached hydrogens (tertiary/aromatic N) is 3. The molecule has 0 fully saturated rings.